The Balaban J connectivity index is 1.82. The normalized spacial score (nSPS) is 24.6. The molecule has 1 N–H and O–H groups in total. The maximum Gasteiger partial charge on any atom is 0.193 e. The molecule has 0 amide bonds. The summed E-state index contributed by atoms with van der Waals surface area (Å²) < 4.78 is 11.0. The molecule has 1 atom stereocenters. The minimum atomic E-state index is -0.0171. The molecule has 90 valence electrons. The lowest BCUT2D eigenvalue weighted by Gasteiger charge is -2.35. The van der Waals surface area contributed by atoms with E-state index in [1.165, 1.54) is 0 Å². The summed E-state index contributed by atoms with van der Waals surface area (Å²) >= 11 is 5.71. The Morgan fingerprint density at radius 2 is 2.31 bits per heavy atom. The van der Waals surface area contributed by atoms with Crippen molar-refractivity contribution in [3.8, 4) is 0 Å². The highest BCUT2D eigenvalue weighted by atomic mass is 35.5. The second-order valence-corrected chi connectivity index (χ2v) is 5.26. The van der Waals surface area contributed by atoms with Gasteiger partial charge < -0.3 is 14.5 Å². The van der Waals surface area contributed by atoms with Crippen LogP contribution in [0.4, 0.5) is 0 Å². The van der Waals surface area contributed by atoms with Gasteiger partial charge in [-0.05, 0) is 50.4 Å². The predicted octanol–water partition coefficient (Wildman–Crippen LogP) is 2.98. The summed E-state index contributed by atoms with van der Waals surface area (Å²) in [7, 11) is 0. The lowest BCUT2D eigenvalue weighted by molar-refractivity contribution is -0.0632. The highest BCUT2D eigenvalue weighted by molar-refractivity contribution is 6.28. The molecule has 0 aromatic carbocycles. The number of nitrogens with one attached hydrogen (secondary N) is 1. The number of furan rings is 1. The van der Waals surface area contributed by atoms with Crippen LogP contribution in [0.1, 0.15) is 32.4 Å². The van der Waals surface area contributed by atoms with E-state index in [0.717, 1.165) is 31.8 Å². The summed E-state index contributed by atoms with van der Waals surface area (Å²) in [4.78, 5) is 0. The van der Waals surface area contributed by atoms with Crippen LogP contribution in [0.5, 0.6) is 0 Å². The Hall–Kier alpha value is -0.510. The van der Waals surface area contributed by atoms with Crippen molar-refractivity contribution >= 4 is 11.6 Å². The first-order valence-electron chi connectivity index (χ1n) is 5.67. The predicted molar refractivity (Wildman–Crippen MR) is 63.6 cm³/mol. The van der Waals surface area contributed by atoms with E-state index in [2.05, 4.69) is 19.2 Å². The first kappa shape index (κ1) is 12.0. The van der Waals surface area contributed by atoms with Crippen LogP contribution in [0.2, 0.25) is 5.22 Å². The van der Waals surface area contributed by atoms with Crippen molar-refractivity contribution in [2.24, 2.45) is 0 Å². The zero-order valence-corrected chi connectivity index (χ0v) is 10.5. The van der Waals surface area contributed by atoms with Crippen molar-refractivity contribution in [3.63, 3.8) is 0 Å². The van der Waals surface area contributed by atoms with Gasteiger partial charge in [0.05, 0.1) is 12.1 Å². The van der Waals surface area contributed by atoms with Crippen LogP contribution in [0.15, 0.2) is 16.5 Å². The molecule has 0 radical (unpaired) electrons. The van der Waals surface area contributed by atoms with E-state index in [4.69, 9.17) is 20.8 Å². The van der Waals surface area contributed by atoms with Gasteiger partial charge in [-0.25, -0.2) is 0 Å². The highest BCUT2D eigenvalue weighted by Crippen LogP contribution is 2.24. The maximum absolute atomic E-state index is 5.71. The van der Waals surface area contributed by atoms with Crippen LogP contribution >= 0.6 is 11.6 Å². The Morgan fingerprint density at radius 1 is 1.50 bits per heavy atom. The van der Waals surface area contributed by atoms with Crippen molar-refractivity contribution in [2.75, 3.05) is 6.61 Å². The van der Waals surface area contributed by atoms with Crippen LogP contribution in [-0.4, -0.2) is 18.2 Å². The van der Waals surface area contributed by atoms with Gasteiger partial charge in [-0.15, -0.1) is 0 Å². The average molecular weight is 244 g/mol. The fraction of sp³-hybridized carbons (Fsp3) is 0.667. The largest absolute Gasteiger partial charge is 0.448 e. The van der Waals surface area contributed by atoms with Crippen molar-refractivity contribution in [1.29, 1.82) is 0 Å². The monoisotopic (exact) mass is 243 g/mol. The van der Waals surface area contributed by atoms with Crippen LogP contribution < -0.4 is 5.32 Å². The van der Waals surface area contributed by atoms with Crippen LogP contribution in [0.3, 0.4) is 0 Å². The second-order valence-electron chi connectivity index (χ2n) is 4.88. The first-order chi connectivity index (χ1) is 7.55. The number of hydrogen-bond donors (Lipinski definition) is 1. The molecule has 2 rings (SSSR count). The second kappa shape index (κ2) is 4.78. The van der Waals surface area contributed by atoms with Crippen molar-refractivity contribution in [1.82, 2.24) is 5.32 Å². The molecule has 0 bridgehead atoms. The van der Waals surface area contributed by atoms with E-state index in [1.54, 1.807) is 6.07 Å². The number of halogens is 1. The van der Waals surface area contributed by atoms with Crippen LogP contribution in [-0.2, 0) is 11.3 Å². The molecular weight excluding hydrogens is 226 g/mol. The Kier molecular flexibility index (Phi) is 3.57. The fourth-order valence-electron chi connectivity index (χ4n) is 2.10. The third-order valence-corrected chi connectivity index (χ3v) is 3.09. The number of rotatable bonds is 3. The first-order valence-corrected chi connectivity index (χ1v) is 6.04. The van der Waals surface area contributed by atoms with E-state index in [1.807, 2.05) is 6.07 Å². The molecule has 1 fully saturated rings. The van der Waals surface area contributed by atoms with Crippen LogP contribution in [0.25, 0.3) is 0 Å². The molecule has 1 aliphatic rings. The quantitative estimate of drug-likeness (QED) is 0.886. The highest BCUT2D eigenvalue weighted by Gasteiger charge is 2.28. The van der Waals surface area contributed by atoms with Gasteiger partial charge in [0.1, 0.15) is 5.76 Å². The summed E-state index contributed by atoms with van der Waals surface area (Å²) in [6.45, 7) is 5.81. The Bertz CT molecular complexity index is 349. The minimum absolute atomic E-state index is 0.0171. The molecule has 4 heteroatoms. The Labute approximate surface area is 101 Å². The summed E-state index contributed by atoms with van der Waals surface area (Å²) in [6.07, 6.45) is 2.08. The molecular formula is C12H18ClNO2. The van der Waals surface area contributed by atoms with E-state index in [0.29, 0.717) is 11.3 Å². The average Bonchev–Trinajstić information content (AvgIpc) is 2.60. The minimum Gasteiger partial charge on any atom is -0.448 e. The topological polar surface area (TPSA) is 34.4 Å². The molecule has 16 heavy (non-hydrogen) atoms. The van der Waals surface area contributed by atoms with Crippen LogP contribution in [0, 0.1) is 0 Å². The van der Waals surface area contributed by atoms with Crippen molar-refractivity contribution < 1.29 is 9.15 Å². The maximum atomic E-state index is 5.71. The molecule has 1 unspecified atom stereocenters. The molecule has 1 aromatic rings. The molecule has 1 saturated heterocycles. The van der Waals surface area contributed by atoms with Crippen molar-refractivity contribution in [2.45, 2.75) is 44.9 Å². The lowest BCUT2D eigenvalue weighted by Crippen LogP contribution is -2.43. The SMILES string of the molecule is CC1(C)CC(NCc2ccc(Cl)o2)CCO1. The molecule has 0 spiro atoms. The van der Waals surface area contributed by atoms with Gasteiger partial charge in [0.15, 0.2) is 5.22 Å². The molecule has 1 aliphatic heterocycles. The summed E-state index contributed by atoms with van der Waals surface area (Å²) in [5.74, 6) is 0.884. The number of ether oxygens (including phenoxy) is 1. The third-order valence-electron chi connectivity index (χ3n) is 2.89. The fourth-order valence-corrected chi connectivity index (χ4v) is 2.26. The summed E-state index contributed by atoms with van der Waals surface area (Å²) in [6, 6.07) is 4.17. The Morgan fingerprint density at radius 3 is 2.94 bits per heavy atom. The van der Waals surface area contributed by atoms with Gasteiger partial charge in [0.25, 0.3) is 0 Å². The summed E-state index contributed by atoms with van der Waals surface area (Å²) in [5.41, 5.74) is -0.0171. The lowest BCUT2D eigenvalue weighted by atomic mass is 9.94. The van der Waals surface area contributed by atoms with E-state index >= 15 is 0 Å². The van der Waals surface area contributed by atoms with Gasteiger partial charge in [-0.1, -0.05) is 0 Å². The third kappa shape index (κ3) is 3.24. The molecule has 2 heterocycles. The number of hydrogen-bond acceptors (Lipinski definition) is 3. The van der Waals surface area contributed by atoms with Gasteiger partial charge in [0.2, 0.25) is 0 Å². The smallest absolute Gasteiger partial charge is 0.193 e. The van der Waals surface area contributed by atoms with E-state index < -0.39 is 0 Å². The zero-order valence-electron chi connectivity index (χ0n) is 9.75. The van der Waals surface area contributed by atoms with Crippen molar-refractivity contribution in [3.05, 3.63) is 23.1 Å². The van der Waals surface area contributed by atoms with Gasteiger partial charge in [-0.2, -0.15) is 0 Å². The van der Waals surface area contributed by atoms with Gasteiger partial charge >= 0.3 is 0 Å². The summed E-state index contributed by atoms with van der Waals surface area (Å²) in [5, 5.41) is 3.92. The van der Waals surface area contributed by atoms with Gasteiger partial charge in [0, 0.05) is 12.6 Å². The molecule has 3 nitrogen and oxygen atoms in total. The molecule has 0 aliphatic carbocycles. The zero-order chi connectivity index (χ0) is 11.6. The standard InChI is InChI=1S/C12H18ClNO2/c1-12(2)7-9(5-6-15-12)14-8-10-3-4-11(13)16-10/h3-4,9,14H,5-8H2,1-2H3. The van der Waals surface area contributed by atoms with E-state index in [9.17, 15) is 0 Å². The van der Waals surface area contributed by atoms with Gasteiger partial charge in [-0.3, -0.25) is 0 Å². The molecule has 1 aromatic heterocycles. The van der Waals surface area contributed by atoms with E-state index in [-0.39, 0.29) is 5.60 Å². The molecule has 0 saturated carbocycles.